The lowest BCUT2D eigenvalue weighted by molar-refractivity contribution is 0.431. The number of aryl methyl sites for hydroxylation is 2. The number of halogens is 1. The minimum Gasteiger partial charge on any atom is -0.312 e. The molecule has 0 spiro atoms. The largest absolute Gasteiger partial charge is 0.312 e. The molecule has 0 radical (unpaired) electrons. The van der Waals surface area contributed by atoms with Gasteiger partial charge in [0.1, 0.15) is 0 Å². The average molecular weight is 312 g/mol. The first-order valence-electron chi connectivity index (χ1n) is 7.93. The zero-order valence-corrected chi connectivity index (χ0v) is 15.1. The van der Waals surface area contributed by atoms with E-state index >= 15 is 0 Å². The molecule has 1 rings (SSSR count). The minimum atomic E-state index is 0.182. The molecule has 1 aromatic rings. The van der Waals surface area contributed by atoms with E-state index in [1.165, 1.54) is 5.57 Å². The SMILES string of the molecule is CCc1nn(CC)c(CC(C)=CCCNC(C)(C)C)c1Cl. The molecule has 0 saturated heterocycles. The number of rotatable bonds is 7. The molecule has 1 heterocycles. The molecule has 1 aromatic heterocycles. The molecule has 120 valence electrons. The van der Waals surface area contributed by atoms with E-state index in [2.05, 4.69) is 58.0 Å². The van der Waals surface area contributed by atoms with Crippen LogP contribution >= 0.6 is 11.6 Å². The number of hydrogen-bond acceptors (Lipinski definition) is 2. The Morgan fingerprint density at radius 1 is 1.33 bits per heavy atom. The van der Waals surface area contributed by atoms with Crippen molar-refractivity contribution in [2.24, 2.45) is 0 Å². The Balaban J connectivity index is 2.66. The number of hydrogen-bond donors (Lipinski definition) is 1. The highest BCUT2D eigenvalue weighted by Gasteiger charge is 2.14. The van der Waals surface area contributed by atoms with Crippen LogP contribution in [-0.2, 0) is 19.4 Å². The van der Waals surface area contributed by atoms with E-state index in [1.807, 2.05) is 4.68 Å². The van der Waals surface area contributed by atoms with Gasteiger partial charge < -0.3 is 5.32 Å². The predicted octanol–water partition coefficient (Wildman–Crippen LogP) is 4.39. The lowest BCUT2D eigenvalue weighted by Crippen LogP contribution is -2.36. The van der Waals surface area contributed by atoms with Gasteiger partial charge in [0.15, 0.2) is 0 Å². The van der Waals surface area contributed by atoms with Crippen molar-refractivity contribution >= 4 is 11.6 Å². The van der Waals surface area contributed by atoms with Crippen molar-refractivity contribution in [2.75, 3.05) is 6.54 Å². The van der Waals surface area contributed by atoms with Crippen molar-refractivity contribution in [2.45, 2.75) is 72.9 Å². The lowest BCUT2D eigenvalue weighted by atomic mass is 10.1. The molecule has 0 aromatic carbocycles. The van der Waals surface area contributed by atoms with E-state index in [0.717, 1.165) is 48.8 Å². The summed E-state index contributed by atoms with van der Waals surface area (Å²) in [6.07, 6.45) is 5.11. The lowest BCUT2D eigenvalue weighted by Gasteiger charge is -2.19. The predicted molar refractivity (Wildman–Crippen MR) is 92.1 cm³/mol. The summed E-state index contributed by atoms with van der Waals surface area (Å²) in [6.45, 7) is 14.8. The van der Waals surface area contributed by atoms with Gasteiger partial charge in [-0.15, -0.1) is 0 Å². The highest BCUT2D eigenvalue weighted by Crippen LogP contribution is 2.24. The zero-order valence-electron chi connectivity index (χ0n) is 14.4. The Morgan fingerprint density at radius 3 is 2.52 bits per heavy atom. The topological polar surface area (TPSA) is 29.9 Å². The Bertz CT molecular complexity index is 481. The molecule has 3 nitrogen and oxygen atoms in total. The van der Waals surface area contributed by atoms with Gasteiger partial charge in [0.2, 0.25) is 0 Å². The Labute approximate surface area is 134 Å². The molecule has 0 bridgehead atoms. The van der Waals surface area contributed by atoms with Gasteiger partial charge in [-0.1, -0.05) is 30.2 Å². The Hall–Kier alpha value is -0.800. The van der Waals surface area contributed by atoms with E-state index in [-0.39, 0.29) is 5.54 Å². The molecular weight excluding hydrogens is 282 g/mol. The third kappa shape index (κ3) is 5.84. The fourth-order valence-corrected chi connectivity index (χ4v) is 2.62. The van der Waals surface area contributed by atoms with Crippen LogP contribution in [0.5, 0.6) is 0 Å². The molecular formula is C17H30ClN3. The van der Waals surface area contributed by atoms with Crippen LogP contribution in [0.25, 0.3) is 0 Å². The van der Waals surface area contributed by atoms with E-state index in [9.17, 15) is 0 Å². The maximum Gasteiger partial charge on any atom is 0.0853 e. The number of aromatic nitrogens is 2. The fourth-order valence-electron chi connectivity index (χ4n) is 2.29. The van der Waals surface area contributed by atoms with Crippen LogP contribution in [0.1, 0.15) is 59.4 Å². The van der Waals surface area contributed by atoms with Gasteiger partial charge in [-0.2, -0.15) is 5.10 Å². The summed E-state index contributed by atoms with van der Waals surface area (Å²) in [7, 11) is 0. The van der Waals surface area contributed by atoms with Gasteiger partial charge in [0.25, 0.3) is 0 Å². The molecule has 0 fully saturated rings. The summed E-state index contributed by atoms with van der Waals surface area (Å²) in [4.78, 5) is 0. The summed E-state index contributed by atoms with van der Waals surface area (Å²) in [5.41, 5.74) is 3.69. The van der Waals surface area contributed by atoms with Gasteiger partial charge >= 0.3 is 0 Å². The second kappa shape index (κ2) is 8.00. The highest BCUT2D eigenvalue weighted by atomic mass is 35.5. The van der Waals surface area contributed by atoms with Gasteiger partial charge in [-0.25, -0.2) is 0 Å². The highest BCUT2D eigenvalue weighted by molar-refractivity contribution is 6.31. The fraction of sp³-hybridized carbons (Fsp3) is 0.706. The average Bonchev–Trinajstić information content (AvgIpc) is 2.70. The van der Waals surface area contributed by atoms with Crippen LogP contribution in [0.3, 0.4) is 0 Å². The van der Waals surface area contributed by atoms with Crippen molar-refractivity contribution < 1.29 is 0 Å². The van der Waals surface area contributed by atoms with Gasteiger partial charge in [-0.05, 0) is 54.0 Å². The molecule has 1 N–H and O–H groups in total. The molecule has 0 aliphatic heterocycles. The summed E-state index contributed by atoms with van der Waals surface area (Å²) >= 11 is 6.45. The maximum atomic E-state index is 6.45. The normalized spacial score (nSPS) is 13.0. The molecule has 0 amide bonds. The first kappa shape index (κ1) is 18.2. The van der Waals surface area contributed by atoms with Crippen molar-refractivity contribution in [3.05, 3.63) is 28.1 Å². The summed E-state index contributed by atoms with van der Waals surface area (Å²) < 4.78 is 2.03. The van der Waals surface area contributed by atoms with Crippen molar-refractivity contribution in [1.29, 1.82) is 0 Å². The Kier molecular flexibility index (Phi) is 6.95. The van der Waals surface area contributed by atoms with Gasteiger partial charge in [-0.3, -0.25) is 4.68 Å². The quantitative estimate of drug-likeness (QED) is 0.598. The van der Waals surface area contributed by atoms with Crippen LogP contribution in [0.15, 0.2) is 11.6 Å². The van der Waals surface area contributed by atoms with E-state index in [4.69, 9.17) is 11.6 Å². The molecule has 0 aliphatic carbocycles. The van der Waals surface area contributed by atoms with Crippen LogP contribution in [0, 0.1) is 0 Å². The van der Waals surface area contributed by atoms with Crippen molar-refractivity contribution in [1.82, 2.24) is 15.1 Å². The van der Waals surface area contributed by atoms with E-state index < -0.39 is 0 Å². The van der Waals surface area contributed by atoms with Crippen LogP contribution in [0.2, 0.25) is 5.02 Å². The molecule has 0 aliphatic rings. The number of nitrogens with zero attached hydrogens (tertiary/aromatic N) is 2. The smallest absolute Gasteiger partial charge is 0.0853 e. The molecule has 0 saturated carbocycles. The Morgan fingerprint density at radius 2 is 2.00 bits per heavy atom. The molecule has 4 heteroatoms. The second-order valence-corrected chi connectivity index (χ2v) is 6.95. The number of nitrogens with one attached hydrogen (secondary N) is 1. The van der Waals surface area contributed by atoms with Crippen LogP contribution in [0.4, 0.5) is 0 Å². The minimum absolute atomic E-state index is 0.182. The number of allylic oxidation sites excluding steroid dienone is 1. The molecule has 0 atom stereocenters. The van der Waals surface area contributed by atoms with Crippen LogP contribution in [-0.4, -0.2) is 21.9 Å². The van der Waals surface area contributed by atoms with Crippen LogP contribution < -0.4 is 5.32 Å². The third-order valence-corrected chi connectivity index (χ3v) is 3.87. The zero-order chi connectivity index (χ0) is 16.0. The summed E-state index contributed by atoms with van der Waals surface area (Å²) in [5, 5.41) is 8.92. The van der Waals surface area contributed by atoms with E-state index in [0.29, 0.717) is 0 Å². The van der Waals surface area contributed by atoms with Crippen molar-refractivity contribution in [3.8, 4) is 0 Å². The summed E-state index contributed by atoms with van der Waals surface area (Å²) in [6, 6.07) is 0. The standard InChI is InChI=1S/C17H30ClN3/c1-7-14-16(18)15(21(8-2)20-14)12-13(3)10-9-11-19-17(4,5)6/h10,19H,7-9,11-12H2,1-6H3. The first-order valence-corrected chi connectivity index (χ1v) is 8.31. The van der Waals surface area contributed by atoms with Gasteiger partial charge in [0, 0.05) is 18.5 Å². The molecule has 21 heavy (non-hydrogen) atoms. The molecule has 0 unspecified atom stereocenters. The van der Waals surface area contributed by atoms with Crippen molar-refractivity contribution in [3.63, 3.8) is 0 Å². The summed E-state index contributed by atoms with van der Waals surface area (Å²) in [5.74, 6) is 0. The monoisotopic (exact) mass is 311 g/mol. The second-order valence-electron chi connectivity index (χ2n) is 6.57. The maximum absolute atomic E-state index is 6.45. The third-order valence-electron chi connectivity index (χ3n) is 3.43. The van der Waals surface area contributed by atoms with Gasteiger partial charge in [0.05, 0.1) is 16.4 Å². The first-order chi connectivity index (χ1) is 9.78. The van der Waals surface area contributed by atoms with E-state index in [1.54, 1.807) is 0 Å².